The number of urea groups is 1. The standard InChI is InChI=1S/C14H17FN2O5/c1-7(2)11(12(18)17-14(16)20)22-13(19)8-4-5-10(21-3)9(15)6-8/h4-7,11H,1-3H3,(H3,16,17,18,20)/t11-/m1/s1. The predicted octanol–water partition coefficient (Wildman–Crippen LogP) is 1.21. The number of carbonyl (C=O) groups excluding carboxylic acids is 3. The van der Waals surface area contributed by atoms with Crippen LogP contribution in [0.25, 0.3) is 0 Å². The first-order valence-corrected chi connectivity index (χ1v) is 6.41. The number of hydrogen-bond acceptors (Lipinski definition) is 5. The summed E-state index contributed by atoms with van der Waals surface area (Å²) in [4.78, 5) is 34.4. The average Bonchev–Trinajstić information content (AvgIpc) is 2.43. The summed E-state index contributed by atoms with van der Waals surface area (Å²) >= 11 is 0. The van der Waals surface area contributed by atoms with E-state index in [9.17, 15) is 18.8 Å². The zero-order valence-corrected chi connectivity index (χ0v) is 12.4. The summed E-state index contributed by atoms with van der Waals surface area (Å²) in [7, 11) is 1.29. The van der Waals surface area contributed by atoms with Gasteiger partial charge >= 0.3 is 12.0 Å². The second-order valence-corrected chi connectivity index (χ2v) is 4.77. The number of nitrogens with one attached hydrogen (secondary N) is 1. The maximum absolute atomic E-state index is 13.6. The van der Waals surface area contributed by atoms with Crippen LogP contribution < -0.4 is 15.8 Å². The zero-order valence-electron chi connectivity index (χ0n) is 12.4. The van der Waals surface area contributed by atoms with E-state index >= 15 is 0 Å². The van der Waals surface area contributed by atoms with Crippen molar-refractivity contribution in [2.75, 3.05) is 7.11 Å². The minimum absolute atomic E-state index is 0.0246. The molecule has 0 heterocycles. The normalized spacial score (nSPS) is 11.7. The van der Waals surface area contributed by atoms with Gasteiger partial charge in [0, 0.05) is 0 Å². The average molecular weight is 312 g/mol. The Bertz CT molecular complexity index is 589. The molecule has 1 aromatic carbocycles. The van der Waals surface area contributed by atoms with Crippen molar-refractivity contribution in [3.05, 3.63) is 29.6 Å². The van der Waals surface area contributed by atoms with E-state index in [0.29, 0.717) is 0 Å². The summed E-state index contributed by atoms with van der Waals surface area (Å²) in [5.74, 6) is -2.92. The predicted molar refractivity (Wildman–Crippen MR) is 74.7 cm³/mol. The summed E-state index contributed by atoms with van der Waals surface area (Å²) in [6, 6.07) is 2.44. The Morgan fingerprint density at radius 2 is 1.91 bits per heavy atom. The van der Waals surface area contributed by atoms with Gasteiger partial charge in [-0.2, -0.15) is 0 Å². The number of rotatable bonds is 5. The number of imide groups is 1. The molecule has 0 saturated carbocycles. The van der Waals surface area contributed by atoms with Crippen molar-refractivity contribution in [3.8, 4) is 5.75 Å². The lowest BCUT2D eigenvalue weighted by Gasteiger charge is -2.19. The van der Waals surface area contributed by atoms with Gasteiger partial charge in [-0.05, 0) is 24.1 Å². The van der Waals surface area contributed by atoms with Crippen LogP contribution in [0.15, 0.2) is 18.2 Å². The van der Waals surface area contributed by atoms with Crippen LogP contribution in [0, 0.1) is 11.7 Å². The lowest BCUT2D eigenvalue weighted by Crippen LogP contribution is -2.45. The third-order valence-electron chi connectivity index (χ3n) is 2.73. The van der Waals surface area contributed by atoms with E-state index in [1.165, 1.54) is 19.2 Å². The van der Waals surface area contributed by atoms with Crippen LogP contribution in [0.1, 0.15) is 24.2 Å². The number of halogens is 1. The Morgan fingerprint density at radius 3 is 2.36 bits per heavy atom. The summed E-state index contributed by atoms with van der Waals surface area (Å²) in [5, 5.41) is 1.84. The molecule has 8 heteroatoms. The maximum atomic E-state index is 13.6. The number of methoxy groups -OCH3 is 1. The van der Waals surface area contributed by atoms with E-state index in [4.69, 9.17) is 15.2 Å². The molecular formula is C14H17FN2O5. The number of amides is 3. The van der Waals surface area contributed by atoms with Crippen LogP contribution in [0.5, 0.6) is 5.75 Å². The van der Waals surface area contributed by atoms with E-state index in [-0.39, 0.29) is 11.3 Å². The van der Waals surface area contributed by atoms with E-state index in [0.717, 1.165) is 6.07 Å². The molecule has 3 N–H and O–H groups in total. The van der Waals surface area contributed by atoms with Crippen molar-refractivity contribution in [2.24, 2.45) is 11.7 Å². The largest absolute Gasteiger partial charge is 0.494 e. The Kier molecular flexibility index (Phi) is 5.85. The molecule has 0 aromatic heterocycles. The van der Waals surface area contributed by atoms with Crippen molar-refractivity contribution >= 4 is 17.9 Å². The first kappa shape index (κ1) is 17.4. The maximum Gasteiger partial charge on any atom is 0.339 e. The fourth-order valence-electron chi connectivity index (χ4n) is 1.66. The number of esters is 1. The smallest absolute Gasteiger partial charge is 0.339 e. The SMILES string of the molecule is COc1ccc(C(=O)O[C@@H](C(=O)NC(N)=O)C(C)C)cc1F. The van der Waals surface area contributed by atoms with Gasteiger partial charge in [0.2, 0.25) is 0 Å². The minimum atomic E-state index is -1.23. The van der Waals surface area contributed by atoms with Gasteiger partial charge in [-0.1, -0.05) is 13.8 Å². The van der Waals surface area contributed by atoms with Gasteiger partial charge in [-0.25, -0.2) is 14.0 Å². The van der Waals surface area contributed by atoms with Gasteiger partial charge in [0.25, 0.3) is 5.91 Å². The molecule has 0 aliphatic rings. The Hall–Kier alpha value is -2.64. The second kappa shape index (κ2) is 7.39. The van der Waals surface area contributed by atoms with E-state index in [1.54, 1.807) is 13.8 Å². The fraction of sp³-hybridized carbons (Fsp3) is 0.357. The number of benzene rings is 1. The summed E-state index contributed by atoms with van der Waals surface area (Å²) in [5.41, 5.74) is 4.76. The van der Waals surface area contributed by atoms with Gasteiger partial charge in [0.05, 0.1) is 12.7 Å². The highest BCUT2D eigenvalue weighted by Crippen LogP contribution is 2.19. The third-order valence-corrected chi connectivity index (χ3v) is 2.73. The molecule has 0 spiro atoms. The molecule has 1 atom stereocenters. The van der Waals surface area contributed by atoms with E-state index < -0.39 is 35.7 Å². The minimum Gasteiger partial charge on any atom is -0.494 e. The number of carbonyl (C=O) groups is 3. The van der Waals surface area contributed by atoms with Crippen LogP contribution in [0.4, 0.5) is 9.18 Å². The van der Waals surface area contributed by atoms with Crippen LogP contribution >= 0.6 is 0 Å². The number of nitrogens with two attached hydrogens (primary N) is 1. The lowest BCUT2D eigenvalue weighted by molar-refractivity contribution is -0.130. The molecule has 1 aromatic rings. The van der Waals surface area contributed by atoms with Crippen molar-refractivity contribution in [1.82, 2.24) is 5.32 Å². The molecule has 7 nitrogen and oxygen atoms in total. The van der Waals surface area contributed by atoms with Crippen LogP contribution in [-0.4, -0.2) is 31.1 Å². The van der Waals surface area contributed by atoms with Gasteiger partial charge in [-0.15, -0.1) is 0 Å². The number of primary amides is 1. The first-order valence-electron chi connectivity index (χ1n) is 6.41. The number of ether oxygens (including phenoxy) is 2. The van der Waals surface area contributed by atoms with Gasteiger partial charge in [-0.3, -0.25) is 10.1 Å². The third kappa shape index (κ3) is 4.44. The molecule has 1 rings (SSSR count). The summed E-state index contributed by atoms with van der Waals surface area (Å²) in [6.07, 6.45) is -1.23. The lowest BCUT2D eigenvalue weighted by atomic mass is 10.1. The fourth-order valence-corrected chi connectivity index (χ4v) is 1.66. The zero-order chi connectivity index (χ0) is 16.9. The molecule has 0 fully saturated rings. The van der Waals surface area contributed by atoms with Crippen LogP contribution in [0.2, 0.25) is 0 Å². The van der Waals surface area contributed by atoms with Crippen molar-refractivity contribution in [2.45, 2.75) is 20.0 Å². The van der Waals surface area contributed by atoms with E-state index in [1.807, 2.05) is 5.32 Å². The number of hydrogen-bond donors (Lipinski definition) is 2. The first-order chi connectivity index (χ1) is 10.3. The van der Waals surface area contributed by atoms with Crippen LogP contribution in [-0.2, 0) is 9.53 Å². The second-order valence-electron chi connectivity index (χ2n) is 4.77. The van der Waals surface area contributed by atoms with Crippen molar-refractivity contribution in [1.29, 1.82) is 0 Å². The van der Waals surface area contributed by atoms with Crippen molar-refractivity contribution < 1.29 is 28.2 Å². The molecule has 22 heavy (non-hydrogen) atoms. The molecule has 0 aliphatic carbocycles. The van der Waals surface area contributed by atoms with Crippen LogP contribution in [0.3, 0.4) is 0 Å². The highest BCUT2D eigenvalue weighted by Gasteiger charge is 2.28. The summed E-state index contributed by atoms with van der Waals surface area (Å²) < 4.78 is 23.3. The van der Waals surface area contributed by atoms with Crippen molar-refractivity contribution in [3.63, 3.8) is 0 Å². The monoisotopic (exact) mass is 312 g/mol. The summed E-state index contributed by atoms with van der Waals surface area (Å²) in [6.45, 7) is 3.24. The van der Waals surface area contributed by atoms with Gasteiger partial charge in [0.15, 0.2) is 17.7 Å². The highest BCUT2D eigenvalue weighted by atomic mass is 19.1. The molecule has 120 valence electrons. The Morgan fingerprint density at radius 1 is 1.27 bits per heavy atom. The quantitative estimate of drug-likeness (QED) is 0.795. The van der Waals surface area contributed by atoms with Gasteiger partial charge in [0.1, 0.15) is 0 Å². The molecule has 3 amide bonds. The molecule has 0 aliphatic heterocycles. The molecular weight excluding hydrogens is 295 g/mol. The Balaban J connectivity index is 2.89. The molecule has 0 saturated heterocycles. The highest BCUT2D eigenvalue weighted by molar-refractivity contribution is 5.98. The molecule has 0 unspecified atom stereocenters. The topological polar surface area (TPSA) is 108 Å². The van der Waals surface area contributed by atoms with Gasteiger partial charge < -0.3 is 15.2 Å². The molecule has 0 bridgehead atoms. The Labute approximate surface area is 126 Å². The van der Waals surface area contributed by atoms with E-state index in [2.05, 4.69) is 0 Å². The molecule has 0 radical (unpaired) electrons.